The van der Waals surface area contributed by atoms with Crippen LogP contribution in [-0.2, 0) is 0 Å². The van der Waals surface area contributed by atoms with Crippen molar-refractivity contribution in [2.75, 3.05) is 0 Å². The summed E-state index contributed by atoms with van der Waals surface area (Å²) in [5, 5.41) is 8.59. The Morgan fingerprint density at radius 1 is 1.11 bits per heavy atom. The number of hydrogen-bond donors (Lipinski definition) is 1. The van der Waals surface area contributed by atoms with Crippen molar-refractivity contribution in [3.8, 4) is 5.75 Å². The zero-order chi connectivity index (χ0) is 5.98. The zero-order valence-electron chi connectivity index (χ0n) is 4.54. The van der Waals surface area contributed by atoms with Gasteiger partial charge in [0, 0.05) is 0 Å². The SMILES string of the molecule is Cl.Oc1ccc(F)cc1. The van der Waals surface area contributed by atoms with Crippen LogP contribution in [0.4, 0.5) is 4.39 Å². The normalized spacial score (nSPS) is 8.11. The molecule has 0 aliphatic heterocycles. The number of phenols is 1. The molecule has 0 aliphatic carbocycles. The number of aromatic hydroxyl groups is 1. The molecule has 1 aromatic rings. The summed E-state index contributed by atoms with van der Waals surface area (Å²) >= 11 is 0. The first-order valence-electron chi connectivity index (χ1n) is 2.23. The summed E-state index contributed by atoms with van der Waals surface area (Å²) < 4.78 is 12.0. The van der Waals surface area contributed by atoms with Crippen molar-refractivity contribution in [3.63, 3.8) is 0 Å². The maximum Gasteiger partial charge on any atom is 0.123 e. The summed E-state index contributed by atoms with van der Waals surface area (Å²) in [6.07, 6.45) is 0. The molecule has 1 aromatic carbocycles. The summed E-state index contributed by atoms with van der Waals surface area (Å²) in [6, 6.07) is 5.01. The second kappa shape index (κ2) is 3.30. The van der Waals surface area contributed by atoms with Crippen LogP contribution in [0.3, 0.4) is 0 Å². The molecular formula is C6H6ClFO. The van der Waals surface area contributed by atoms with E-state index < -0.39 is 0 Å². The van der Waals surface area contributed by atoms with Gasteiger partial charge >= 0.3 is 0 Å². The van der Waals surface area contributed by atoms with Gasteiger partial charge in [0.2, 0.25) is 0 Å². The molecule has 0 aromatic heterocycles. The second-order valence-corrected chi connectivity index (χ2v) is 1.48. The second-order valence-electron chi connectivity index (χ2n) is 1.48. The molecule has 1 N–H and O–H groups in total. The van der Waals surface area contributed by atoms with Crippen molar-refractivity contribution in [1.29, 1.82) is 0 Å². The lowest BCUT2D eigenvalue weighted by Gasteiger charge is -1.86. The van der Waals surface area contributed by atoms with Crippen LogP contribution in [0.2, 0.25) is 0 Å². The highest BCUT2D eigenvalue weighted by atomic mass is 35.5. The van der Waals surface area contributed by atoms with E-state index in [0.717, 1.165) is 0 Å². The van der Waals surface area contributed by atoms with Crippen LogP contribution in [-0.4, -0.2) is 5.11 Å². The van der Waals surface area contributed by atoms with Crippen molar-refractivity contribution < 1.29 is 9.50 Å². The Hall–Kier alpha value is -0.760. The largest absolute Gasteiger partial charge is 0.508 e. The predicted molar refractivity (Wildman–Crippen MR) is 35.3 cm³/mol. The van der Waals surface area contributed by atoms with Gasteiger partial charge in [0.1, 0.15) is 11.6 Å². The molecule has 3 heteroatoms. The lowest BCUT2D eigenvalue weighted by atomic mass is 10.3. The average molecular weight is 149 g/mol. The van der Waals surface area contributed by atoms with Crippen molar-refractivity contribution in [1.82, 2.24) is 0 Å². The Kier molecular flexibility index (Phi) is 3.02. The first-order chi connectivity index (χ1) is 3.79. The fourth-order valence-corrected chi connectivity index (χ4v) is 0.441. The molecule has 1 nitrogen and oxygen atoms in total. The van der Waals surface area contributed by atoms with E-state index in [4.69, 9.17) is 5.11 Å². The molecule has 0 heterocycles. The minimum Gasteiger partial charge on any atom is -0.508 e. The zero-order valence-corrected chi connectivity index (χ0v) is 5.36. The van der Waals surface area contributed by atoms with E-state index in [1.807, 2.05) is 0 Å². The van der Waals surface area contributed by atoms with Crippen LogP contribution in [0, 0.1) is 5.82 Å². The number of halogens is 2. The van der Waals surface area contributed by atoms with Gasteiger partial charge < -0.3 is 5.11 Å². The minimum absolute atomic E-state index is 0. The van der Waals surface area contributed by atoms with E-state index in [-0.39, 0.29) is 24.0 Å². The van der Waals surface area contributed by atoms with E-state index >= 15 is 0 Å². The number of rotatable bonds is 0. The molecular weight excluding hydrogens is 143 g/mol. The van der Waals surface area contributed by atoms with E-state index in [2.05, 4.69) is 0 Å². The lowest BCUT2D eigenvalue weighted by molar-refractivity contribution is 0.473. The van der Waals surface area contributed by atoms with Gasteiger partial charge in [0.15, 0.2) is 0 Å². The molecule has 0 spiro atoms. The van der Waals surface area contributed by atoms with Crippen LogP contribution in [0.1, 0.15) is 0 Å². The maximum absolute atomic E-state index is 12.0. The highest BCUT2D eigenvalue weighted by Crippen LogP contribution is 2.06. The Labute approximate surface area is 58.5 Å². The average Bonchev–Trinajstić information content (AvgIpc) is 1.77. The number of hydrogen-bond acceptors (Lipinski definition) is 1. The van der Waals surface area contributed by atoms with E-state index in [1.54, 1.807) is 0 Å². The van der Waals surface area contributed by atoms with Crippen LogP contribution in [0.15, 0.2) is 24.3 Å². The van der Waals surface area contributed by atoms with Crippen LogP contribution in [0.5, 0.6) is 5.75 Å². The van der Waals surface area contributed by atoms with Gasteiger partial charge in [-0.1, -0.05) is 0 Å². The fraction of sp³-hybridized carbons (Fsp3) is 0. The Balaban J connectivity index is 0.000000640. The van der Waals surface area contributed by atoms with E-state index in [0.29, 0.717) is 0 Å². The molecule has 50 valence electrons. The van der Waals surface area contributed by atoms with Gasteiger partial charge in [-0.05, 0) is 24.3 Å². The highest BCUT2D eigenvalue weighted by Gasteiger charge is 1.85. The highest BCUT2D eigenvalue weighted by molar-refractivity contribution is 5.85. The maximum atomic E-state index is 12.0. The predicted octanol–water partition coefficient (Wildman–Crippen LogP) is 1.95. The van der Waals surface area contributed by atoms with Crippen molar-refractivity contribution in [3.05, 3.63) is 30.1 Å². The molecule has 0 saturated heterocycles. The summed E-state index contributed by atoms with van der Waals surface area (Å²) in [4.78, 5) is 0. The lowest BCUT2D eigenvalue weighted by Crippen LogP contribution is -1.67. The van der Waals surface area contributed by atoms with Crippen molar-refractivity contribution in [2.24, 2.45) is 0 Å². The minimum atomic E-state index is -0.331. The molecule has 0 amide bonds. The third-order valence-corrected chi connectivity index (χ3v) is 0.827. The number of benzene rings is 1. The van der Waals surface area contributed by atoms with Crippen LogP contribution >= 0.6 is 12.4 Å². The summed E-state index contributed by atoms with van der Waals surface area (Å²) in [5.74, 6) is -0.241. The van der Waals surface area contributed by atoms with Crippen molar-refractivity contribution >= 4 is 12.4 Å². The smallest absolute Gasteiger partial charge is 0.123 e. The Bertz CT molecular complexity index is 152. The molecule has 0 atom stereocenters. The quantitative estimate of drug-likeness (QED) is 0.596. The Morgan fingerprint density at radius 3 is 1.89 bits per heavy atom. The van der Waals surface area contributed by atoms with Gasteiger partial charge in [-0.25, -0.2) is 4.39 Å². The fourth-order valence-electron chi connectivity index (χ4n) is 0.441. The van der Waals surface area contributed by atoms with Gasteiger partial charge in [-0.15, -0.1) is 12.4 Å². The standard InChI is InChI=1S/C6H5FO.ClH/c7-5-1-3-6(8)4-2-5;/h1-4,8H;1H. The third kappa shape index (κ3) is 2.33. The molecule has 1 rings (SSSR count). The summed E-state index contributed by atoms with van der Waals surface area (Å²) in [5.41, 5.74) is 0. The molecule has 0 saturated carbocycles. The van der Waals surface area contributed by atoms with Crippen LogP contribution in [0.25, 0.3) is 0 Å². The molecule has 0 radical (unpaired) electrons. The van der Waals surface area contributed by atoms with Gasteiger partial charge in [0.05, 0.1) is 0 Å². The summed E-state index contributed by atoms with van der Waals surface area (Å²) in [6.45, 7) is 0. The van der Waals surface area contributed by atoms with Crippen molar-refractivity contribution in [2.45, 2.75) is 0 Å². The molecule has 9 heavy (non-hydrogen) atoms. The molecule has 0 fully saturated rings. The molecule has 0 unspecified atom stereocenters. The van der Waals surface area contributed by atoms with Gasteiger partial charge in [0.25, 0.3) is 0 Å². The van der Waals surface area contributed by atoms with E-state index in [9.17, 15) is 4.39 Å². The van der Waals surface area contributed by atoms with E-state index in [1.165, 1.54) is 24.3 Å². The monoisotopic (exact) mass is 148 g/mol. The third-order valence-electron chi connectivity index (χ3n) is 0.827. The topological polar surface area (TPSA) is 20.2 Å². The number of phenolic OH excluding ortho intramolecular Hbond substituents is 1. The summed E-state index contributed by atoms with van der Waals surface area (Å²) in [7, 11) is 0. The molecule has 0 bridgehead atoms. The van der Waals surface area contributed by atoms with Crippen LogP contribution < -0.4 is 0 Å². The Morgan fingerprint density at radius 2 is 1.56 bits per heavy atom. The van der Waals surface area contributed by atoms with Gasteiger partial charge in [-0.2, -0.15) is 0 Å². The first kappa shape index (κ1) is 8.24. The van der Waals surface area contributed by atoms with Gasteiger partial charge in [-0.3, -0.25) is 0 Å². The first-order valence-corrected chi connectivity index (χ1v) is 2.23. The molecule has 0 aliphatic rings.